The highest BCUT2D eigenvalue weighted by molar-refractivity contribution is 5.89. The van der Waals surface area contributed by atoms with Gasteiger partial charge in [0.25, 0.3) is 0 Å². The lowest BCUT2D eigenvalue weighted by molar-refractivity contribution is 0.0691. The average molecular weight is 192 g/mol. The number of hydrogen-bond donors (Lipinski definition) is 1. The zero-order valence-corrected chi connectivity index (χ0v) is 7.30. The smallest absolute Gasteiger partial charge is 0.341 e. The molecule has 0 fully saturated rings. The molecule has 0 spiro atoms. The largest absolute Gasteiger partial charge is 0.477 e. The summed E-state index contributed by atoms with van der Waals surface area (Å²) in [4.78, 5) is 10.7. The topological polar surface area (TPSA) is 72.3 Å². The van der Waals surface area contributed by atoms with Crippen molar-refractivity contribution in [1.29, 1.82) is 0 Å². The third-order valence-corrected chi connectivity index (χ3v) is 1.40. The molecule has 0 saturated heterocycles. The van der Waals surface area contributed by atoms with E-state index in [-0.39, 0.29) is 18.1 Å². The van der Waals surface area contributed by atoms with Gasteiger partial charge in [-0.3, -0.25) is 0 Å². The van der Waals surface area contributed by atoms with Gasteiger partial charge in [0.1, 0.15) is 12.2 Å². The van der Waals surface area contributed by atoms with Gasteiger partial charge in [0.15, 0.2) is 0 Å². The minimum absolute atomic E-state index is 0.00440. The van der Waals surface area contributed by atoms with Crippen LogP contribution in [0.3, 0.4) is 0 Å². The molecular formula is C9H8N2O3. The first-order chi connectivity index (χ1) is 6.75. The molecule has 0 bridgehead atoms. The van der Waals surface area contributed by atoms with Gasteiger partial charge in [-0.15, -0.1) is 17.4 Å². The molecule has 0 aliphatic heterocycles. The Morgan fingerprint density at radius 1 is 1.71 bits per heavy atom. The van der Waals surface area contributed by atoms with Crippen molar-refractivity contribution in [3.63, 3.8) is 0 Å². The fraction of sp³-hybridized carbons (Fsp3) is 0.222. The molecule has 14 heavy (non-hydrogen) atoms. The van der Waals surface area contributed by atoms with Gasteiger partial charge in [-0.05, 0) is 6.07 Å². The number of carboxylic acids is 1. The highest BCUT2D eigenvalue weighted by Gasteiger charge is 2.11. The van der Waals surface area contributed by atoms with Gasteiger partial charge < -0.3 is 9.84 Å². The van der Waals surface area contributed by atoms with E-state index in [1.165, 1.54) is 12.3 Å². The number of rotatable bonds is 4. The van der Waals surface area contributed by atoms with E-state index in [4.69, 9.17) is 16.3 Å². The summed E-state index contributed by atoms with van der Waals surface area (Å²) in [6, 6.07) is 1.32. The number of ether oxygens (including phenoxy) is 1. The summed E-state index contributed by atoms with van der Waals surface area (Å²) in [5, 5.41) is 15.8. The van der Waals surface area contributed by atoms with Gasteiger partial charge in [0, 0.05) is 6.42 Å². The maximum absolute atomic E-state index is 10.7. The molecule has 1 aromatic rings. The van der Waals surface area contributed by atoms with Crippen LogP contribution in [0.25, 0.3) is 0 Å². The maximum Gasteiger partial charge on any atom is 0.341 e. The fourth-order valence-corrected chi connectivity index (χ4v) is 0.795. The van der Waals surface area contributed by atoms with Crippen molar-refractivity contribution in [3.05, 3.63) is 17.8 Å². The van der Waals surface area contributed by atoms with Crippen LogP contribution in [0.4, 0.5) is 0 Å². The van der Waals surface area contributed by atoms with E-state index >= 15 is 0 Å². The van der Waals surface area contributed by atoms with Gasteiger partial charge in [-0.2, -0.15) is 5.10 Å². The normalized spacial score (nSPS) is 9.07. The monoisotopic (exact) mass is 192 g/mol. The third-order valence-electron chi connectivity index (χ3n) is 1.40. The van der Waals surface area contributed by atoms with E-state index in [2.05, 4.69) is 16.1 Å². The summed E-state index contributed by atoms with van der Waals surface area (Å²) >= 11 is 0. The Morgan fingerprint density at radius 2 is 2.50 bits per heavy atom. The third kappa shape index (κ3) is 2.45. The van der Waals surface area contributed by atoms with E-state index in [0.717, 1.165) is 0 Å². The second-order valence-corrected chi connectivity index (χ2v) is 2.36. The number of hydrogen-bond acceptors (Lipinski definition) is 4. The first-order valence-corrected chi connectivity index (χ1v) is 3.87. The van der Waals surface area contributed by atoms with Crippen molar-refractivity contribution in [2.75, 3.05) is 6.61 Å². The first kappa shape index (κ1) is 9.99. The molecule has 1 heterocycles. The average Bonchev–Trinajstić information content (AvgIpc) is 2.19. The van der Waals surface area contributed by atoms with Crippen LogP contribution in [-0.4, -0.2) is 27.9 Å². The molecule has 0 amide bonds. The summed E-state index contributed by atoms with van der Waals surface area (Å²) < 4.78 is 5.04. The van der Waals surface area contributed by atoms with Gasteiger partial charge in [0.05, 0.1) is 6.20 Å². The summed E-state index contributed by atoms with van der Waals surface area (Å²) in [5.74, 6) is 1.26. The minimum atomic E-state index is -1.10. The Morgan fingerprint density at radius 3 is 3.14 bits per heavy atom. The van der Waals surface area contributed by atoms with Crippen LogP contribution >= 0.6 is 0 Å². The lowest BCUT2D eigenvalue weighted by Crippen LogP contribution is -2.06. The lowest BCUT2D eigenvalue weighted by Gasteiger charge is -2.04. The molecule has 5 nitrogen and oxygen atoms in total. The molecule has 0 saturated carbocycles. The van der Waals surface area contributed by atoms with Crippen molar-refractivity contribution < 1.29 is 14.6 Å². The molecule has 0 unspecified atom stereocenters. The van der Waals surface area contributed by atoms with Crippen LogP contribution in [0.1, 0.15) is 16.8 Å². The molecule has 72 valence electrons. The van der Waals surface area contributed by atoms with Crippen LogP contribution < -0.4 is 4.74 Å². The first-order valence-electron chi connectivity index (χ1n) is 3.87. The van der Waals surface area contributed by atoms with Gasteiger partial charge >= 0.3 is 5.97 Å². The standard InChI is InChI=1S/C9H8N2O3/c1-2-3-6-14-8-7(9(12)13)4-5-10-11-8/h1,4-5H,3,6H2,(H,12,13). The maximum atomic E-state index is 10.7. The Hall–Kier alpha value is -2.09. The molecule has 0 atom stereocenters. The van der Waals surface area contributed by atoms with Crippen LogP contribution in [0, 0.1) is 12.3 Å². The van der Waals surface area contributed by atoms with Gasteiger partial charge in [-0.25, -0.2) is 4.79 Å². The summed E-state index contributed by atoms with van der Waals surface area (Å²) in [6.07, 6.45) is 6.70. The Balaban J connectivity index is 2.75. The Bertz CT molecular complexity index is 371. The van der Waals surface area contributed by atoms with Gasteiger partial charge in [0.2, 0.25) is 5.88 Å². The van der Waals surface area contributed by atoms with Crippen LogP contribution in [0.2, 0.25) is 0 Å². The van der Waals surface area contributed by atoms with Crippen molar-refractivity contribution in [2.24, 2.45) is 0 Å². The van der Waals surface area contributed by atoms with Crippen molar-refractivity contribution >= 4 is 5.97 Å². The SMILES string of the molecule is C#CCCOc1nnccc1C(=O)O. The zero-order valence-electron chi connectivity index (χ0n) is 7.30. The zero-order chi connectivity index (χ0) is 10.4. The number of carboxylic acid groups (broad SMARTS) is 1. The van der Waals surface area contributed by atoms with Crippen molar-refractivity contribution in [2.45, 2.75) is 6.42 Å². The minimum Gasteiger partial charge on any atom is -0.477 e. The number of aromatic nitrogens is 2. The highest BCUT2D eigenvalue weighted by Crippen LogP contribution is 2.12. The second-order valence-electron chi connectivity index (χ2n) is 2.36. The number of terminal acetylenes is 1. The van der Waals surface area contributed by atoms with Crippen molar-refractivity contribution in [3.8, 4) is 18.2 Å². The molecule has 1 rings (SSSR count). The van der Waals surface area contributed by atoms with E-state index in [1.54, 1.807) is 0 Å². The summed E-state index contributed by atoms with van der Waals surface area (Å²) in [5.41, 5.74) is -0.0166. The number of carbonyl (C=O) groups is 1. The molecule has 5 heteroatoms. The molecule has 1 N–H and O–H groups in total. The Kier molecular flexibility index (Phi) is 3.44. The van der Waals surface area contributed by atoms with E-state index in [9.17, 15) is 4.79 Å². The number of aromatic carboxylic acids is 1. The lowest BCUT2D eigenvalue weighted by atomic mass is 10.3. The predicted molar refractivity (Wildman–Crippen MR) is 47.9 cm³/mol. The van der Waals surface area contributed by atoms with Crippen molar-refractivity contribution in [1.82, 2.24) is 10.2 Å². The fourth-order valence-electron chi connectivity index (χ4n) is 0.795. The number of nitrogens with zero attached hydrogens (tertiary/aromatic N) is 2. The quantitative estimate of drug-likeness (QED) is 0.558. The summed E-state index contributed by atoms with van der Waals surface area (Å²) in [6.45, 7) is 0.232. The summed E-state index contributed by atoms with van der Waals surface area (Å²) in [7, 11) is 0. The second kappa shape index (κ2) is 4.82. The van der Waals surface area contributed by atoms with E-state index in [0.29, 0.717) is 6.42 Å². The molecule has 0 radical (unpaired) electrons. The van der Waals surface area contributed by atoms with Crippen LogP contribution in [0.15, 0.2) is 12.3 Å². The molecule has 0 aliphatic carbocycles. The Labute approximate surface area is 80.7 Å². The molecule has 0 aliphatic rings. The van der Waals surface area contributed by atoms with E-state index in [1.807, 2.05) is 0 Å². The highest BCUT2D eigenvalue weighted by atomic mass is 16.5. The van der Waals surface area contributed by atoms with Gasteiger partial charge in [-0.1, -0.05) is 0 Å². The van der Waals surface area contributed by atoms with Crippen LogP contribution in [-0.2, 0) is 0 Å². The molecular weight excluding hydrogens is 184 g/mol. The predicted octanol–water partition coefficient (Wildman–Crippen LogP) is 0.577. The molecule has 1 aromatic heterocycles. The molecule has 0 aromatic carbocycles. The van der Waals surface area contributed by atoms with Crippen LogP contribution in [0.5, 0.6) is 5.88 Å². The van der Waals surface area contributed by atoms with E-state index < -0.39 is 5.97 Å².